The first-order valence-corrected chi connectivity index (χ1v) is 9.47. The average Bonchev–Trinajstić information content (AvgIpc) is 2.66. The summed E-state index contributed by atoms with van der Waals surface area (Å²) in [6.45, 7) is 8.68. The predicted molar refractivity (Wildman–Crippen MR) is 101 cm³/mol. The highest BCUT2D eigenvalue weighted by Crippen LogP contribution is 2.29. The highest BCUT2D eigenvalue weighted by Gasteiger charge is 2.29. The molecule has 1 saturated heterocycles. The van der Waals surface area contributed by atoms with Crippen molar-refractivity contribution in [1.82, 2.24) is 15.5 Å². The molecule has 0 aliphatic carbocycles. The van der Waals surface area contributed by atoms with Crippen LogP contribution in [0.15, 0.2) is 29.3 Å². The number of aliphatic imine (C=N–C) groups is 1. The van der Waals surface area contributed by atoms with Crippen LogP contribution in [0.25, 0.3) is 0 Å². The molecule has 5 nitrogen and oxygen atoms in total. The van der Waals surface area contributed by atoms with Crippen LogP contribution in [-0.4, -0.2) is 63.3 Å². The van der Waals surface area contributed by atoms with Gasteiger partial charge in [-0.25, -0.2) is 0 Å². The van der Waals surface area contributed by atoms with Gasteiger partial charge < -0.3 is 15.4 Å². The Labute approximate surface area is 159 Å². The molecule has 8 heteroatoms. The number of nitrogens with zero attached hydrogens (tertiary/aromatic N) is 2. The Morgan fingerprint density at radius 2 is 1.85 bits per heavy atom. The topological polar surface area (TPSA) is 48.9 Å². The number of guanidine groups is 1. The van der Waals surface area contributed by atoms with Crippen molar-refractivity contribution in [2.24, 2.45) is 4.99 Å². The lowest BCUT2D eigenvalue weighted by Gasteiger charge is -2.26. The normalized spacial score (nSPS) is 16.4. The number of ether oxygens (including phenoxy) is 1. The molecule has 0 aromatic heterocycles. The Morgan fingerprint density at radius 1 is 1.15 bits per heavy atom. The van der Waals surface area contributed by atoms with E-state index in [-0.39, 0.29) is 0 Å². The van der Waals surface area contributed by atoms with Crippen molar-refractivity contribution in [3.05, 3.63) is 35.4 Å². The van der Waals surface area contributed by atoms with Gasteiger partial charge in [0.25, 0.3) is 0 Å². The predicted octanol–water partition coefficient (Wildman–Crippen LogP) is 2.53. The molecule has 0 amide bonds. The summed E-state index contributed by atoms with van der Waals surface area (Å²) in [7, 11) is 0. The van der Waals surface area contributed by atoms with Gasteiger partial charge in [-0.15, -0.1) is 0 Å². The Kier molecular flexibility index (Phi) is 8.87. The number of halogens is 3. The lowest BCUT2D eigenvalue weighted by molar-refractivity contribution is -0.137. The van der Waals surface area contributed by atoms with Crippen molar-refractivity contribution >= 4 is 5.96 Å². The summed E-state index contributed by atoms with van der Waals surface area (Å²) < 4.78 is 43.1. The minimum absolute atomic E-state index is 0.612. The van der Waals surface area contributed by atoms with Crippen LogP contribution in [-0.2, 0) is 17.3 Å². The molecule has 0 atom stereocenters. The van der Waals surface area contributed by atoms with Crippen LogP contribution in [0.3, 0.4) is 0 Å². The van der Waals surface area contributed by atoms with Gasteiger partial charge >= 0.3 is 6.18 Å². The molecule has 152 valence electrons. The minimum Gasteiger partial charge on any atom is -0.379 e. The third kappa shape index (κ3) is 8.17. The molecule has 1 aromatic carbocycles. The standard InChI is InChI=1S/C19H29F3N4O/c1-2-23-18(24-9-3-11-26-12-14-27-15-13-26)25-10-8-16-4-6-17(7-5-16)19(20,21)22/h4-7H,2-3,8-15H2,1H3,(H2,23,24,25). The molecule has 27 heavy (non-hydrogen) atoms. The maximum Gasteiger partial charge on any atom is 0.416 e. The van der Waals surface area contributed by atoms with Gasteiger partial charge in [-0.3, -0.25) is 9.89 Å². The Balaban J connectivity index is 1.71. The van der Waals surface area contributed by atoms with Crippen molar-refractivity contribution in [1.29, 1.82) is 0 Å². The molecule has 2 rings (SSSR count). The number of hydrogen-bond donors (Lipinski definition) is 2. The first-order chi connectivity index (χ1) is 13.0. The SMILES string of the molecule is CCNC(=NCCCN1CCOCC1)NCCc1ccc(C(F)(F)F)cc1. The number of morpholine rings is 1. The van der Waals surface area contributed by atoms with Gasteiger partial charge in [-0.1, -0.05) is 12.1 Å². The Morgan fingerprint density at radius 3 is 2.48 bits per heavy atom. The number of rotatable bonds is 8. The van der Waals surface area contributed by atoms with E-state index in [0.717, 1.165) is 76.0 Å². The molecule has 0 radical (unpaired) electrons. The van der Waals surface area contributed by atoms with Crippen LogP contribution >= 0.6 is 0 Å². The van der Waals surface area contributed by atoms with Gasteiger partial charge in [0, 0.05) is 39.3 Å². The molecule has 0 saturated carbocycles. The zero-order valence-electron chi connectivity index (χ0n) is 15.8. The number of benzene rings is 1. The lowest BCUT2D eigenvalue weighted by atomic mass is 10.1. The smallest absolute Gasteiger partial charge is 0.379 e. The van der Waals surface area contributed by atoms with Crippen molar-refractivity contribution in [2.45, 2.75) is 25.9 Å². The van der Waals surface area contributed by atoms with Gasteiger partial charge in [0.15, 0.2) is 5.96 Å². The van der Waals surface area contributed by atoms with Gasteiger partial charge in [-0.05, 0) is 37.5 Å². The third-order valence-electron chi connectivity index (χ3n) is 4.34. The van der Waals surface area contributed by atoms with Gasteiger partial charge in [0.05, 0.1) is 18.8 Å². The van der Waals surface area contributed by atoms with Crippen molar-refractivity contribution in [2.75, 3.05) is 52.5 Å². The lowest BCUT2D eigenvalue weighted by Crippen LogP contribution is -2.39. The number of hydrogen-bond acceptors (Lipinski definition) is 3. The van der Waals surface area contributed by atoms with E-state index >= 15 is 0 Å². The van der Waals surface area contributed by atoms with Crippen molar-refractivity contribution in [3.8, 4) is 0 Å². The quantitative estimate of drug-likeness (QED) is 0.410. The zero-order valence-corrected chi connectivity index (χ0v) is 15.8. The third-order valence-corrected chi connectivity index (χ3v) is 4.34. The van der Waals surface area contributed by atoms with E-state index in [9.17, 15) is 13.2 Å². The Bertz CT molecular complexity index is 569. The van der Waals surface area contributed by atoms with Crippen LogP contribution in [0, 0.1) is 0 Å². The molecule has 0 unspecified atom stereocenters. The first-order valence-electron chi connectivity index (χ1n) is 9.47. The average molecular weight is 386 g/mol. The van der Waals surface area contributed by atoms with E-state index in [2.05, 4.69) is 20.5 Å². The van der Waals surface area contributed by atoms with Gasteiger partial charge in [0.1, 0.15) is 0 Å². The minimum atomic E-state index is -4.29. The monoisotopic (exact) mass is 386 g/mol. The number of alkyl halides is 3. The fourth-order valence-corrected chi connectivity index (χ4v) is 2.84. The van der Waals surface area contributed by atoms with E-state index < -0.39 is 11.7 Å². The largest absolute Gasteiger partial charge is 0.416 e. The van der Waals surface area contributed by atoms with E-state index in [1.807, 2.05) is 6.92 Å². The molecule has 1 fully saturated rings. The molecule has 1 heterocycles. The van der Waals surface area contributed by atoms with E-state index in [0.29, 0.717) is 13.0 Å². The highest BCUT2D eigenvalue weighted by atomic mass is 19.4. The molecule has 0 spiro atoms. The molecule has 1 aliphatic rings. The van der Waals surface area contributed by atoms with E-state index in [1.54, 1.807) is 0 Å². The number of nitrogens with one attached hydrogen (secondary N) is 2. The molecule has 1 aliphatic heterocycles. The summed E-state index contributed by atoms with van der Waals surface area (Å²) >= 11 is 0. The maximum atomic E-state index is 12.6. The second-order valence-electron chi connectivity index (χ2n) is 6.44. The Hall–Kier alpha value is -1.80. The summed E-state index contributed by atoms with van der Waals surface area (Å²) in [6, 6.07) is 5.30. The fourth-order valence-electron chi connectivity index (χ4n) is 2.84. The fraction of sp³-hybridized carbons (Fsp3) is 0.632. The molecular weight excluding hydrogens is 357 g/mol. The van der Waals surface area contributed by atoms with Crippen LogP contribution < -0.4 is 10.6 Å². The van der Waals surface area contributed by atoms with Crippen LogP contribution in [0.4, 0.5) is 13.2 Å². The van der Waals surface area contributed by atoms with Crippen molar-refractivity contribution in [3.63, 3.8) is 0 Å². The summed E-state index contributed by atoms with van der Waals surface area (Å²) in [6.07, 6.45) is -2.67. The highest BCUT2D eigenvalue weighted by molar-refractivity contribution is 5.79. The summed E-state index contributed by atoms with van der Waals surface area (Å²) in [5, 5.41) is 6.43. The second kappa shape index (κ2) is 11.1. The van der Waals surface area contributed by atoms with Gasteiger partial charge in [0.2, 0.25) is 0 Å². The molecule has 1 aromatic rings. The molecule has 0 bridgehead atoms. The summed E-state index contributed by atoms with van der Waals surface area (Å²) in [5.74, 6) is 0.742. The summed E-state index contributed by atoms with van der Waals surface area (Å²) in [4.78, 5) is 6.94. The maximum absolute atomic E-state index is 12.6. The van der Waals surface area contributed by atoms with Crippen LogP contribution in [0.2, 0.25) is 0 Å². The summed E-state index contributed by atoms with van der Waals surface area (Å²) in [5.41, 5.74) is 0.244. The van der Waals surface area contributed by atoms with Crippen LogP contribution in [0.1, 0.15) is 24.5 Å². The van der Waals surface area contributed by atoms with E-state index in [1.165, 1.54) is 12.1 Å². The van der Waals surface area contributed by atoms with Crippen molar-refractivity contribution < 1.29 is 17.9 Å². The molecule has 2 N–H and O–H groups in total. The van der Waals surface area contributed by atoms with Crippen LogP contribution in [0.5, 0.6) is 0 Å². The second-order valence-corrected chi connectivity index (χ2v) is 6.44. The van der Waals surface area contributed by atoms with Gasteiger partial charge in [-0.2, -0.15) is 13.2 Å². The van der Waals surface area contributed by atoms with E-state index in [4.69, 9.17) is 4.74 Å². The molecular formula is C19H29F3N4O. The zero-order chi connectivity index (χ0) is 19.5. The first kappa shape index (κ1) is 21.5.